The smallest absolute Gasteiger partial charge is 0.270 e. The van der Waals surface area contributed by atoms with E-state index in [0.29, 0.717) is 16.4 Å². The van der Waals surface area contributed by atoms with E-state index in [1.807, 2.05) is 31.2 Å². The zero-order valence-electron chi connectivity index (χ0n) is 10.9. The number of carbonyl (C=O) groups is 1. The van der Waals surface area contributed by atoms with Crippen LogP contribution in [0.25, 0.3) is 0 Å². The van der Waals surface area contributed by atoms with Gasteiger partial charge in [-0.1, -0.05) is 23.7 Å². The summed E-state index contributed by atoms with van der Waals surface area (Å²) in [5, 5.41) is 0.661. The number of nitrogens with two attached hydrogens (primary N) is 1. The number of anilines is 1. The van der Waals surface area contributed by atoms with Gasteiger partial charge in [0.05, 0.1) is 6.04 Å². The molecule has 0 spiro atoms. The second-order valence-corrected chi connectivity index (χ2v) is 4.93. The van der Waals surface area contributed by atoms with Crippen LogP contribution in [0.3, 0.4) is 0 Å². The molecule has 0 radical (unpaired) electrons. The number of carbonyl (C=O) groups excluding carboxylic acids is 1. The SMILES string of the molecule is CC(c1cccc(Cl)c1)N(C)C(=O)c1cc(N)c[nH]1. The largest absolute Gasteiger partial charge is 0.397 e. The maximum Gasteiger partial charge on any atom is 0.270 e. The van der Waals surface area contributed by atoms with Crippen LogP contribution in [0.2, 0.25) is 5.02 Å². The fourth-order valence-corrected chi connectivity index (χ4v) is 2.09. The number of rotatable bonds is 3. The van der Waals surface area contributed by atoms with E-state index in [2.05, 4.69) is 4.98 Å². The Hall–Kier alpha value is -1.94. The summed E-state index contributed by atoms with van der Waals surface area (Å²) in [4.78, 5) is 16.8. The maximum atomic E-state index is 12.3. The molecule has 0 aliphatic rings. The van der Waals surface area contributed by atoms with E-state index in [1.54, 1.807) is 24.2 Å². The van der Waals surface area contributed by atoms with Gasteiger partial charge in [0.2, 0.25) is 0 Å². The summed E-state index contributed by atoms with van der Waals surface area (Å²) >= 11 is 5.97. The van der Waals surface area contributed by atoms with Crippen LogP contribution in [0.5, 0.6) is 0 Å². The first kappa shape index (κ1) is 13.5. The number of aromatic nitrogens is 1. The van der Waals surface area contributed by atoms with Crippen molar-refractivity contribution in [2.24, 2.45) is 0 Å². The van der Waals surface area contributed by atoms with E-state index in [-0.39, 0.29) is 11.9 Å². The lowest BCUT2D eigenvalue weighted by atomic mass is 10.1. The molecule has 1 aromatic heterocycles. The van der Waals surface area contributed by atoms with Gasteiger partial charge in [-0.05, 0) is 30.7 Å². The van der Waals surface area contributed by atoms with Gasteiger partial charge >= 0.3 is 0 Å². The number of benzene rings is 1. The Morgan fingerprint density at radius 3 is 2.74 bits per heavy atom. The third-order valence-electron chi connectivity index (χ3n) is 3.17. The molecule has 0 fully saturated rings. The molecule has 4 nitrogen and oxygen atoms in total. The van der Waals surface area contributed by atoms with Gasteiger partial charge in [-0.15, -0.1) is 0 Å². The topological polar surface area (TPSA) is 62.1 Å². The van der Waals surface area contributed by atoms with Crippen molar-refractivity contribution in [1.82, 2.24) is 9.88 Å². The number of nitrogen functional groups attached to an aromatic ring is 1. The average Bonchev–Trinajstić information content (AvgIpc) is 2.83. The molecule has 1 atom stereocenters. The first-order chi connectivity index (χ1) is 8.99. The summed E-state index contributed by atoms with van der Waals surface area (Å²) < 4.78 is 0. The van der Waals surface area contributed by atoms with Crippen LogP contribution in [-0.4, -0.2) is 22.8 Å². The molecule has 1 amide bonds. The summed E-state index contributed by atoms with van der Waals surface area (Å²) in [6.07, 6.45) is 1.60. The molecular weight excluding hydrogens is 262 g/mol. The van der Waals surface area contributed by atoms with Gasteiger partial charge in [-0.2, -0.15) is 0 Å². The third kappa shape index (κ3) is 2.90. The Labute approximate surface area is 117 Å². The molecular formula is C14H16ClN3O. The average molecular weight is 278 g/mol. The number of hydrogen-bond donors (Lipinski definition) is 2. The molecule has 2 rings (SSSR count). The lowest BCUT2D eigenvalue weighted by Gasteiger charge is -2.25. The molecule has 3 N–H and O–H groups in total. The monoisotopic (exact) mass is 277 g/mol. The molecule has 0 bridgehead atoms. The summed E-state index contributed by atoms with van der Waals surface area (Å²) in [5.74, 6) is -0.107. The molecule has 1 aromatic carbocycles. The van der Waals surface area contributed by atoms with Crippen LogP contribution >= 0.6 is 11.6 Å². The first-order valence-corrected chi connectivity index (χ1v) is 6.33. The minimum absolute atomic E-state index is 0.0734. The van der Waals surface area contributed by atoms with Crippen molar-refractivity contribution in [2.45, 2.75) is 13.0 Å². The predicted molar refractivity (Wildman–Crippen MR) is 77.2 cm³/mol. The highest BCUT2D eigenvalue weighted by atomic mass is 35.5. The fraction of sp³-hybridized carbons (Fsp3) is 0.214. The van der Waals surface area contributed by atoms with Gasteiger partial charge in [0.1, 0.15) is 5.69 Å². The van der Waals surface area contributed by atoms with Crippen LogP contribution in [-0.2, 0) is 0 Å². The van der Waals surface area contributed by atoms with Crippen molar-refractivity contribution < 1.29 is 4.79 Å². The van der Waals surface area contributed by atoms with Crippen LogP contribution in [0.4, 0.5) is 5.69 Å². The molecule has 5 heteroatoms. The van der Waals surface area contributed by atoms with E-state index in [0.717, 1.165) is 5.56 Å². The Morgan fingerprint density at radius 2 is 2.16 bits per heavy atom. The molecule has 0 aliphatic carbocycles. The number of amides is 1. The molecule has 0 aliphatic heterocycles. The van der Waals surface area contributed by atoms with Crippen molar-refractivity contribution in [2.75, 3.05) is 12.8 Å². The minimum Gasteiger partial charge on any atom is -0.397 e. The fourth-order valence-electron chi connectivity index (χ4n) is 1.89. The summed E-state index contributed by atoms with van der Waals surface area (Å²) in [7, 11) is 1.75. The van der Waals surface area contributed by atoms with Gasteiger partial charge in [0.25, 0.3) is 5.91 Å². The van der Waals surface area contributed by atoms with Gasteiger partial charge < -0.3 is 15.6 Å². The lowest BCUT2D eigenvalue weighted by molar-refractivity contribution is 0.0737. The van der Waals surface area contributed by atoms with Gasteiger partial charge in [-0.3, -0.25) is 4.79 Å². The van der Waals surface area contributed by atoms with Crippen molar-refractivity contribution in [3.8, 4) is 0 Å². The van der Waals surface area contributed by atoms with Gasteiger partial charge in [-0.25, -0.2) is 0 Å². The standard InChI is InChI=1S/C14H16ClN3O/c1-9(10-4-3-5-11(15)6-10)18(2)14(19)13-7-12(16)8-17-13/h3-9,17H,16H2,1-2H3. The highest BCUT2D eigenvalue weighted by Gasteiger charge is 2.20. The van der Waals surface area contributed by atoms with Gasteiger partial charge in [0.15, 0.2) is 0 Å². The first-order valence-electron chi connectivity index (χ1n) is 5.95. The van der Waals surface area contributed by atoms with Crippen LogP contribution in [0, 0.1) is 0 Å². The normalized spacial score (nSPS) is 12.2. The van der Waals surface area contributed by atoms with Crippen molar-refractivity contribution >= 4 is 23.2 Å². The Morgan fingerprint density at radius 1 is 1.42 bits per heavy atom. The number of halogens is 1. The van der Waals surface area contributed by atoms with E-state index < -0.39 is 0 Å². The van der Waals surface area contributed by atoms with E-state index in [4.69, 9.17) is 17.3 Å². The lowest BCUT2D eigenvalue weighted by Crippen LogP contribution is -2.29. The number of nitrogens with zero attached hydrogens (tertiary/aromatic N) is 1. The summed E-state index contributed by atoms with van der Waals surface area (Å²) in [6, 6.07) is 9.05. The maximum absolute atomic E-state index is 12.3. The van der Waals surface area contributed by atoms with Gasteiger partial charge in [0, 0.05) is 24.0 Å². The highest BCUT2D eigenvalue weighted by Crippen LogP contribution is 2.23. The van der Waals surface area contributed by atoms with E-state index >= 15 is 0 Å². The molecule has 1 heterocycles. The number of aromatic amines is 1. The zero-order valence-corrected chi connectivity index (χ0v) is 11.6. The molecule has 100 valence electrons. The summed E-state index contributed by atoms with van der Waals surface area (Å²) in [5.41, 5.74) is 7.62. The molecule has 2 aromatic rings. The predicted octanol–water partition coefficient (Wildman–Crippen LogP) is 3.08. The Balaban J connectivity index is 2.19. The quantitative estimate of drug-likeness (QED) is 0.906. The van der Waals surface area contributed by atoms with Crippen molar-refractivity contribution in [3.63, 3.8) is 0 Å². The molecule has 1 unspecified atom stereocenters. The second kappa shape index (κ2) is 5.36. The number of nitrogens with one attached hydrogen (secondary N) is 1. The zero-order chi connectivity index (χ0) is 14.0. The Kier molecular flexibility index (Phi) is 3.81. The van der Waals surface area contributed by atoms with Crippen molar-refractivity contribution in [1.29, 1.82) is 0 Å². The van der Waals surface area contributed by atoms with E-state index in [9.17, 15) is 4.79 Å². The molecule has 0 saturated heterocycles. The van der Waals surface area contributed by atoms with Crippen LogP contribution < -0.4 is 5.73 Å². The Bertz CT molecular complexity index is 594. The summed E-state index contributed by atoms with van der Waals surface area (Å²) in [6.45, 7) is 1.95. The number of H-pyrrole nitrogens is 1. The third-order valence-corrected chi connectivity index (χ3v) is 3.40. The van der Waals surface area contributed by atoms with Crippen molar-refractivity contribution in [3.05, 3.63) is 52.8 Å². The van der Waals surface area contributed by atoms with Crippen LogP contribution in [0.15, 0.2) is 36.5 Å². The molecule has 19 heavy (non-hydrogen) atoms. The minimum atomic E-state index is -0.107. The molecule has 0 saturated carbocycles. The van der Waals surface area contributed by atoms with E-state index in [1.165, 1.54) is 0 Å². The second-order valence-electron chi connectivity index (χ2n) is 4.49. The highest BCUT2D eigenvalue weighted by molar-refractivity contribution is 6.30. The number of hydrogen-bond acceptors (Lipinski definition) is 2. The van der Waals surface area contributed by atoms with Crippen LogP contribution in [0.1, 0.15) is 29.0 Å².